The van der Waals surface area contributed by atoms with Crippen molar-refractivity contribution in [2.24, 2.45) is 0 Å². The third-order valence-electron chi connectivity index (χ3n) is 2.57. The number of hydrogen-bond donors (Lipinski definition) is 1. The molecule has 2 aromatic carbocycles. The van der Waals surface area contributed by atoms with Gasteiger partial charge in [0.1, 0.15) is 0 Å². The first kappa shape index (κ1) is 11.7. The van der Waals surface area contributed by atoms with Crippen LogP contribution in [0.2, 0.25) is 0 Å². The van der Waals surface area contributed by atoms with Gasteiger partial charge in [0.15, 0.2) is 11.6 Å². The number of hydrogen-bond acceptors (Lipinski definition) is 1. The van der Waals surface area contributed by atoms with Gasteiger partial charge in [-0.2, -0.15) is 0 Å². The maximum atomic E-state index is 13.6. The Labute approximate surface area is 99.1 Å². The fourth-order valence-corrected chi connectivity index (χ4v) is 1.78. The second kappa shape index (κ2) is 5.06. The molecule has 0 bridgehead atoms. The predicted molar refractivity (Wildman–Crippen MR) is 64.6 cm³/mol. The molecule has 0 aliphatic heterocycles. The normalized spacial score (nSPS) is 10.5. The molecule has 0 amide bonds. The molecule has 0 spiro atoms. The van der Waals surface area contributed by atoms with Gasteiger partial charge < -0.3 is 5.32 Å². The molecule has 3 heteroatoms. The Morgan fingerprint density at radius 2 is 1.82 bits per heavy atom. The van der Waals surface area contributed by atoms with Gasteiger partial charge in [0, 0.05) is 12.1 Å². The van der Waals surface area contributed by atoms with E-state index in [1.807, 2.05) is 25.2 Å². The van der Waals surface area contributed by atoms with Crippen molar-refractivity contribution < 1.29 is 8.78 Å². The Kier molecular flexibility index (Phi) is 3.49. The highest BCUT2D eigenvalue weighted by Gasteiger charge is 2.09. The molecule has 0 radical (unpaired) electrons. The average Bonchev–Trinajstić information content (AvgIpc) is 2.33. The van der Waals surface area contributed by atoms with Crippen LogP contribution in [0.4, 0.5) is 8.78 Å². The molecule has 1 nitrogen and oxygen atoms in total. The summed E-state index contributed by atoms with van der Waals surface area (Å²) >= 11 is 0. The summed E-state index contributed by atoms with van der Waals surface area (Å²) in [7, 11) is 1.84. The van der Waals surface area contributed by atoms with E-state index >= 15 is 0 Å². The molecule has 0 aliphatic rings. The first-order chi connectivity index (χ1) is 8.22. The molecule has 0 atom stereocenters. The van der Waals surface area contributed by atoms with Gasteiger partial charge in [0.2, 0.25) is 0 Å². The molecule has 0 unspecified atom stereocenters. The summed E-state index contributed by atoms with van der Waals surface area (Å²) in [5.74, 6) is -1.62. The van der Waals surface area contributed by atoms with Crippen LogP contribution in [0.3, 0.4) is 0 Å². The van der Waals surface area contributed by atoms with Crippen LogP contribution in [0.5, 0.6) is 0 Å². The van der Waals surface area contributed by atoms with Crippen molar-refractivity contribution in [2.45, 2.75) is 6.54 Å². The Hall–Kier alpha value is -1.74. The first-order valence-electron chi connectivity index (χ1n) is 5.40. The lowest BCUT2D eigenvalue weighted by molar-refractivity contribution is 0.511. The van der Waals surface area contributed by atoms with E-state index in [1.165, 1.54) is 6.07 Å². The smallest absolute Gasteiger partial charge is 0.166 e. The van der Waals surface area contributed by atoms with Crippen LogP contribution in [0.25, 0.3) is 11.1 Å². The van der Waals surface area contributed by atoms with E-state index in [9.17, 15) is 8.78 Å². The highest BCUT2D eigenvalue weighted by atomic mass is 19.2. The number of rotatable bonds is 3. The second-order valence-electron chi connectivity index (χ2n) is 3.83. The van der Waals surface area contributed by atoms with Gasteiger partial charge in [-0.1, -0.05) is 30.3 Å². The summed E-state index contributed by atoms with van der Waals surface area (Å²) in [6.45, 7) is 0.699. The summed E-state index contributed by atoms with van der Waals surface area (Å²) < 4.78 is 26.7. The summed E-state index contributed by atoms with van der Waals surface area (Å²) in [6.07, 6.45) is 0. The van der Waals surface area contributed by atoms with Crippen LogP contribution < -0.4 is 5.32 Å². The fraction of sp³-hybridized carbons (Fsp3) is 0.143. The minimum absolute atomic E-state index is 0.294. The largest absolute Gasteiger partial charge is 0.316 e. The number of nitrogens with one attached hydrogen (secondary N) is 1. The van der Waals surface area contributed by atoms with E-state index in [2.05, 4.69) is 5.32 Å². The zero-order chi connectivity index (χ0) is 12.3. The van der Waals surface area contributed by atoms with E-state index in [-0.39, 0.29) is 0 Å². The van der Waals surface area contributed by atoms with Gasteiger partial charge in [-0.25, -0.2) is 8.78 Å². The van der Waals surface area contributed by atoms with Crippen LogP contribution >= 0.6 is 0 Å². The van der Waals surface area contributed by atoms with E-state index < -0.39 is 11.6 Å². The van der Waals surface area contributed by atoms with E-state index in [1.54, 1.807) is 12.1 Å². The molecule has 1 N–H and O–H groups in total. The lowest BCUT2D eigenvalue weighted by Gasteiger charge is -2.06. The van der Waals surface area contributed by atoms with Crippen LogP contribution in [-0.4, -0.2) is 7.05 Å². The van der Waals surface area contributed by atoms with Crippen LogP contribution in [-0.2, 0) is 6.54 Å². The molecule has 0 aromatic heterocycles. The SMILES string of the molecule is CNCc1cccc(-c2cccc(F)c2F)c1. The van der Waals surface area contributed by atoms with Crippen molar-refractivity contribution in [2.75, 3.05) is 7.05 Å². The summed E-state index contributed by atoms with van der Waals surface area (Å²) in [4.78, 5) is 0. The minimum atomic E-state index is -0.818. The molecule has 88 valence electrons. The highest BCUT2D eigenvalue weighted by Crippen LogP contribution is 2.25. The zero-order valence-corrected chi connectivity index (χ0v) is 9.50. The molecule has 0 heterocycles. The molecule has 0 saturated heterocycles. The Morgan fingerprint density at radius 3 is 2.59 bits per heavy atom. The lowest BCUT2D eigenvalue weighted by atomic mass is 10.0. The Morgan fingerprint density at radius 1 is 1.06 bits per heavy atom. The fourth-order valence-electron chi connectivity index (χ4n) is 1.78. The van der Waals surface area contributed by atoms with Gasteiger partial charge >= 0.3 is 0 Å². The minimum Gasteiger partial charge on any atom is -0.316 e. The standard InChI is InChI=1S/C14H13F2N/c1-17-9-10-4-2-5-11(8-10)12-6-3-7-13(15)14(12)16/h2-8,17H,9H2,1H3. The van der Waals surface area contributed by atoms with Crippen molar-refractivity contribution in [1.82, 2.24) is 5.32 Å². The Bertz CT molecular complexity index is 523. The predicted octanol–water partition coefficient (Wildman–Crippen LogP) is 3.35. The van der Waals surface area contributed by atoms with Crippen molar-refractivity contribution in [1.29, 1.82) is 0 Å². The molecule has 2 rings (SSSR count). The maximum absolute atomic E-state index is 13.6. The monoisotopic (exact) mass is 233 g/mol. The highest BCUT2D eigenvalue weighted by molar-refractivity contribution is 5.64. The molecule has 0 saturated carbocycles. The topological polar surface area (TPSA) is 12.0 Å². The number of halogens is 2. The quantitative estimate of drug-likeness (QED) is 0.857. The van der Waals surface area contributed by atoms with Crippen molar-refractivity contribution in [3.8, 4) is 11.1 Å². The van der Waals surface area contributed by atoms with Gasteiger partial charge in [-0.3, -0.25) is 0 Å². The van der Waals surface area contributed by atoms with Crippen molar-refractivity contribution >= 4 is 0 Å². The molecule has 0 fully saturated rings. The molecule has 0 aliphatic carbocycles. The van der Waals surface area contributed by atoms with Gasteiger partial charge in [0.05, 0.1) is 0 Å². The molecule has 2 aromatic rings. The first-order valence-corrected chi connectivity index (χ1v) is 5.40. The molecular formula is C14H13F2N. The van der Waals surface area contributed by atoms with Crippen molar-refractivity contribution in [3.05, 3.63) is 59.7 Å². The average molecular weight is 233 g/mol. The Balaban J connectivity index is 2.45. The third-order valence-corrected chi connectivity index (χ3v) is 2.57. The third kappa shape index (κ3) is 2.50. The van der Waals surface area contributed by atoms with Crippen LogP contribution in [0.15, 0.2) is 42.5 Å². The summed E-state index contributed by atoms with van der Waals surface area (Å²) in [5.41, 5.74) is 2.02. The van der Waals surface area contributed by atoms with E-state index in [0.29, 0.717) is 17.7 Å². The van der Waals surface area contributed by atoms with Crippen LogP contribution in [0, 0.1) is 11.6 Å². The molecular weight excluding hydrogens is 220 g/mol. The summed E-state index contributed by atoms with van der Waals surface area (Å²) in [6, 6.07) is 11.6. The lowest BCUT2D eigenvalue weighted by Crippen LogP contribution is -2.04. The van der Waals surface area contributed by atoms with E-state index in [0.717, 1.165) is 11.6 Å². The van der Waals surface area contributed by atoms with Gasteiger partial charge in [-0.05, 0) is 30.3 Å². The van der Waals surface area contributed by atoms with E-state index in [4.69, 9.17) is 0 Å². The maximum Gasteiger partial charge on any atom is 0.166 e. The zero-order valence-electron chi connectivity index (χ0n) is 9.50. The van der Waals surface area contributed by atoms with Gasteiger partial charge in [-0.15, -0.1) is 0 Å². The van der Waals surface area contributed by atoms with Gasteiger partial charge in [0.25, 0.3) is 0 Å². The number of benzene rings is 2. The van der Waals surface area contributed by atoms with Crippen LogP contribution in [0.1, 0.15) is 5.56 Å². The summed E-state index contributed by atoms with van der Waals surface area (Å²) in [5, 5.41) is 3.02. The molecule has 17 heavy (non-hydrogen) atoms. The van der Waals surface area contributed by atoms with Crippen molar-refractivity contribution in [3.63, 3.8) is 0 Å². The second-order valence-corrected chi connectivity index (χ2v) is 3.83.